The SMILES string of the molecule is O=C(CCNC(=O)c1ccc2ccccc2c1)Nc1ccccc1O. The van der Waals surface area contributed by atoms with E-state index in [1.165, 1.54) is 6.07 Å². The third kappa shape index (κ3) is 4.14. The predicted molar refractivity (Wildman–Crippen MR) is 97.6 cm³/mol. The third-order valence-electron chi connectivity index (χ3n) is 3.83. The summed E-state index contributed by atoms with van der Waals surface area (Å²) in [4.78, 5) is 24.1. The quantitative estimate of drug-likeness (QED) is 0.626. The van der Waals surface area contributed by atoms with Crippen molar-refractivity contribution in [2.45, 2.75) is 6.42 Å². The second kappa shape index (κ2) is 7.49. The molecule has 3 N–H and O–H groups in total. The number of aromatic hydroxyl groups is 1. The first-order chi connectivity index (χ1) is 12.1. The highest BCUT2D eigenvalue weighted by Gasteiger charge is 2.09. The average molecular weight is 334 g/mol. The molecule has 0 fully saturated rings. The lowest BCUT2D eigenvalue weighted by molar-refractivity contribution is -0.116. The number of fused-ring (bicyclic) bond motifs is 1. The van der Waals surface area contributed by atoms with E-state index < -0.39 is 0 Å². The van der Waals surface area contributed by atoms with E-state index in [2.05, 4.69) is 10.6 Å². The number of carbonyl (C=O) groups is 2. The smallest absolute Gasteiger partial charge is 0.251 e. The molecule has 2 amide bonds. The van der Waals surface area contributed by atoms with Crippen LogP contribution >= 0.6 is 0 Å². The Balaban J connectivity index is 1.53. The Morgan fingerprint density at radius 3 is 2.40 bits per heavy atom. The standard InChI is InChI=1S/C20H18N2O3/c23-18-8-4-3-7-17(18)22-19(24)11-12-21-20(25)16-10-9-14-5-1-2-6-15(14)13-16/h1-10,13,23H,11-12H2,(H,21,25)(H,22,24). The molecule has 126 valence electrons. The van der Waals surface area contributed by atoms with Gasteiger partial charge in [-0.3, -0.25) is 9.59 Å². The Bertz CT molecular complexity index is 921. The van der Waals surface area contributed by atoms with Gasteiger partial charge in [-0.25, -0.2) is 0 Å². The van der Waals surface area contributed by atoms with Crippen molar-refractivity contribution in [1.29, 1.82) is 0 Å². The number of phenolic OH excluding ortho intramolecular Hbond substituents is 1. The number of benzene rings is 3. The summed E-state index contributed by atoms with van der Waals surface area (Å²) in [6.45, 7) is 0.213. The second-order valence-corrected chi connectivity index (χ2v) is 5.63. The minimum Gasteiger partial charge on any atom is -0.506 e. The van der Waals surface area contributed by atoms with E-state index in [0.717, 1.165) is 10.8 Å². The maximum atomic E-state index is 12.2. The van der Waals surface area contributed by atoms with Gasteiger partial charge in [-0.15, -0.1) is 0 Å². The van der Waals surface area contributed by atoms with Gasteiger partial charge in [-0.2, -0.15) is 0 Å². The van der Waals surface area contributed by atoms with Crippen LogP contribution in [0.2, 0.25) is 0 Å². The molecule has 0 aromatic heterocycles. The summed E-state index contributed by atoms with van der Waals surface area (Å²) < 4.78 is 0. The van der Waals surface area contributed by atoms with E-state index in [-0.39, 0.29) is 30.5 Å². The fourth-order valence-electron chi connectivity index (χ4n) is 2.51. The van der Waals surface area contributed by atoms with E-state index in [0.29, 0.717) is 11.3 Å². The van der Waals surface area contributed by atoms with Gasteiger partial charge in [0.2, 0.25) is 5.91 Å². The van der Waals surface area contributed by atoms with Gasteiger partial charge in [0.1, 0.15) is 5.75 Å². The number of nitrogens with one attached hydrogen (secondary N) is 2. The lowest BCUT2D eigenvalue weighted by Gasteiger charge is -2.08. The molecule has 25 heavy (non-hydrogen) atoms. The molecule has 0 saturated carbocycles. The molecule has 0 aliphatic carbocycles. The molecule has 0 atom stereocenters. The highest BCUT2D eigenvalue weighted by molar-refractivity contribution is 5.99. The summed E-state index contributed by atoms with van der Waals surface area (Å²) >= 11 is 0. The van der Waals surface area contributed by atoms with Crippen molar-refractivity contribution in [3.63, 3.8) is 0 Å². The first-order valence-electron chi connectivity index (χ1n) is 7.98. The van der Waals surface area contributed by atoms with E-state index in [1.807, 2.05) is 36.4 Å². The summed E-state index contributed by atoms with van der Waals surface area (Å²) in [6.07, 6.45) is 0.119. The van der Waals surface area contributed by atoms with Crippen molar-refractivity contribution < 1.29 is 14.7 Å². The zero-order valence-electron chi connectivity index (χ0n) is 13.5. The first-order valence-corrected chi connectivity index (χ1v) is 7.98. The van der Waals surface area contributed by atoms with Gasteiger partial charge >= 0.3 is 0 Å². The topological polar surface area (TPSA) is 78.4 Å². The highest BCUT2D eigenvalue weighted by atomic mass is 16.3. The molecule has 0 radical (unpaired) electrons. The van der Waals surface area contributed by atoms with Gasteiger partial charge in [-0.1, -0.05) is 42.5 Å². The van der Waals surface area contributed by atoms with Gasteiger partial charge in [0.15, 0.2) is 0 Å². The van der Waals surface area contributed by atoms with E-state index in [1.54, 1.807) is 24.3 Å². The van der Waals surface area contributed by atoms with Crippen molar-refractivity contribution in [1.82, 2.24) is 5.32 Å². The van der Waals surface area contributed by atoms with Gasteiger partial charge in [0.25, 0.3) is 5.91 Å². The Hall–Kier alpha value is -3.34. The van der Waals surface area contributed by atoms with Crippen molar-refractivity contribution >= 4 is 28.3 Å². The molecule has 3 aromatic rings. The predicted octanol–water partition coefficient (Wildman–Crippen LogP) is 3.30. The van der Waals surface area contributed by atoms with Crippen LogP contribution < -0.4 is 10.6 Å². The highest BCUT2D eigenvalue weighted by Crippen LogP contribution is 2.21. The summed E-state index contributed by atoms with van der Waals surface area (Å²) in [5.74, 6) is -0.488. The van der Waals surface area contributed by atoms with Gasteiger partial charge in [-0.05, 0) is 35.0 Å². The van der Waals surface area contributed by atoms with Crippen LogP contribution in [0.3, 0.4) is 0 Å². The van der Waals surface area contributed by atoms with E-state index >= 15 is 0 Å². The number of carbonyl (C=O) groups excluding carboxylic acids is 2. The summed E-state index contributed by atoms with van der Waals surface area (Å²) in [5.41, 5.74) is 0.910. The minimum absolute atomic E-state index is 0.0102. The summed E-state index contributed by atoms with van der Waals surface area (Å²) in [5, 5.41) is 17.0. The van der Waals surface area contributed by atoms with Gasteiger partial charge in [0.05, 0.1) is 5.69 Å². The van der Waals surface area contributed by atoms with Crippen molar-refractivity contribution in [2.75, 3.05) is 11.9 Å². The Labute approximate surface area is 145 Å². The average Bonchev–Trinajstić information content (AvgIpc) is 2.63. The lowest BCUT2D eigenvalue weighted by Crippen LogP contribution is -2.27. The number of rotatable bonds is 5. The molecular formula is C20H18N2O3. The van der Waals surface area contributed by atoms with Crippen LogP contribution in [0.15, 0.2) is 66.7 Å². The van der Waals surface area contributed by atoms with Crippen molar-refractivity contribution in [2.24, 2.45) is 0 Å². The molecule has 5 nitrogen and oxygen atoms in total. The number of para-hydroxylation sites is 2. The molecule has 3 aromatic carbocycles. The zero-order chi connectivity index (χ0) is 17.6. The summed E-state index contributed by atoms with van der Waals surface area (Å²) in [6, 6.07) is 19.8. The maximum absolute atomic E-state index is 12.2. The second-order valence-electron chi connectivity index (χ2n) is 5.63. The molecule has 0 aliphatic rings. The van der Waals surface area contributed by atoms with Crippen LogP contribution in [0.5, 0.6) is 5.75 Å². The molecule has 0 bridgehead atoms. The van der Waals surface area contributed by atoms with Crippen LogP contribution in [0, 0.1) is 0 Å². The molecule has 0 aliphatic heterocycles. The fraction of sp³-hybridized carbons (Fsp3) is 0.100. The maximum Gasteiger partial charge on any atom is 0.251 e. The number of hydrogen-bond acceptors (Lipinski definition) is 3. The molecule has 3 rings (SSSR count). The molecule has 5 heteroatoms. The Morgan fingerprint density at radius 1 is 0.880 bits per heavy atom. The number of anilines is 1. The molecular weight excluding hydrogens is 316 g/mol. The van der Waals surface area contributed by atoms with Crippen LogP contribution in [0.1, 0.15) is 16.8 Å². The minimum atomic E-state index is -0.277. The molecule has 0 saturated heterocycles. The molecule has 0 heterocycles. The first kappa shape index (κ1) is 16.5. The van der Waals surface area contributed by atoms with Crippen LogP contribution in [-0.4, -0.2) is 23.5 Å². The number of hydrogen-bond donors (Lipinski definition) is 3. The lowest BCUT2D eigenvalue weighted by atomic mass is 10.1. The molecule has 0 unspecified atom stereocenters. The molecule has 0 spiro atoms. The van der Waals surface area contributed by atoms with Crippen LogP contribution in [-0.2, 0) is 4.79 Å². The third-order valence-corrected chi connectivity index (χ3v) is 3.83. The summed E-state index contributed by atoms with van der Waals surface area (Å²) in [7, 11) is 0. The van der Waals surface area contributed by atoms with Gasteiger partial charge < -0.3 is 15.7 Å². The largest absolute Gasteiger partial charge is 0.506 e. The fourth-order valence-corrected chi connectivity index (χ4v) is 2.51. The Kier molecular flexibility index (Phi) is 4.95. The monoisotopic (exact) mass is 334 g/mol. The van der Waals surface area contributed by atoms with E-state index in [9.17, 15) is 14.7 Å². The van der Waals surface area contributed by atoms with E-state index in [4.69, 9.17) is 0 Å². The Morgan fingerprint density at radius 2 is 1.60 bits per heavy atom. The zero-order valence-corrected chi connectivity index (χ0v) is 13.5. The number of amides is 2. The van der Waals surface area contributed by atoms with Gasteiger partial charge in [0, 0.05) is 18.5 Å². The number of phenols is 1. The van der Waals surface area contributed by atoms with Crippen molar-refractivity contribution in [3.05, 3.63) is 72.3 Å². The van der Waals surface area contributed by atoms with Crippen LogP contribution in [0.25, 0.3) is 10.8 Å². The van der Waals surface area contributed by atoms with Crippen molar-refractivity contribution in [3.8, 4) is 5.75 Å². The van der Waals surface area contributed by atoms with Crippen LogP contribution in [0.4, 0.5) is 5.69 Å². The normalized spacial score (nSPS) is 10.4.